The quantitative estimate of drug-likeness (QED) is 0.671. The lowest BCUT2D eigenvalue weighted by molar-refractivity contribution is 0.0695. The molecular weight excluding hydrogens is 272 g/mol. The van der Waals surface area contributed by atoms with E-state index in [1.165, 1.54) is 12.1 Å². The van der Waals surface area contributed by atoms with Crippen molar-refractivity contribution < 1.29 is 24.1 Å². The summed E-state index contributed by atoms with van der Waals surface area (Å²) >= 11 is 0. The maximum Gasteiger partial charge on any atom is 0.335 e. The van der Waals surface area contributed by atoms with Gasteiger partial charge in [0, 0.05) is 0 Å². The first kappa shape index (κ1) is 16.4. The highest BCUT2D eigenvalue weighted by Crippen LogP contribution is 2.39. The third-order valence-electron chi connectivity index (χ3n) is 2.33. The number of rotatable bonds is 10. The zero-order valence-corrected chi connectivity index (χ0v) is 11.7. The second kappa shape index (κ2) is 8.47. The van der Waals surface area contributed by atoms with E-state index in [1.807, 2.05) is 0 Å². The largest absolute Gasteiger partial charge is 0.485 e. The monoisotopic (exact) mass is 290 g/mol. The van der Waals surface area contributed by atoms with Gasteiger partial charge in [-0.3, -0.25) is 0 Å². The summed E-state index contributed by atoms with van der Waals surface area (Å²) < 4.78 is 16.4. The van der Waals surface area contributed by atoms with Crippen molar-refractivity contribution in [1.29, 1.82) is 0 Å². The molecule has 0 aliphatic rings. The van der Waals surface area contributed by atoms with Gasteiger partial charge in [-0.15, -0.1) is 0 Å². The Balaban J connectivity index is 3.27. The highest BCUT2D eigenvalue weighted by Gasteiger charge is 2.17. The molecule has 5 heteroatoms. The van der Waals surface area contributed by atoms with Gasteiger partial charge in [-0.1, -0.05) is 38.0 Å². The first-order valence-electron chi connectivity index (χ1n) is 6.26. The highest BCUT2D eigenvalue weighted by atomic mass is 16.5. The maximum absolute atomic E-state index is 11.2. The summed E-state index contributed by atoms with van der Waals surface area (Å²) in [4.78, 5) is 11.2. The number of carbonyl (C=O) groups is 1. The standard InChI is InChI=1S/C16H18O5/c1-4-7-19-13-10-12(16(17)18)11-14(20-8-5-2)15(13)21-9-6-3/h4-6,10-11H,1-3,7-9H2,(H,17,18). The number of carboxylic acid groups (broad SMARTS) is 1. The second-order valence-electron chi connectivity index (χ2n) is 3.91. The minimum Gasteiger partial charge on any atom is -0.485 e. The number of ether oxygens (including phenoxy) is 3. The van der Waals surface area contributed by atoms with Crippen LogP contribution in [0, 0.1) is 0 Å². The van der Waals surface area contributed by atoms with Gasteiger partial charge >= 0.3 is 5.97 Å². The van der Waals surface area contributed by atoms with Crippen LogP contribution in [0.3, 0.4) is 0 Å². The molecule has 1 aromatic carbocycles. The number of carboxylic acids is 1. The molecule has 0 spiro atoms. The van der Waals surface area contributed by atoms with Gasteiger partial charge in [-0.2, -0.15) is 0 Å². The Morgan fingerprint density at radius 1 is 0.952 bits per heavy atom. The van der Waals surface area contributed by atoms with E-state index in [2.05, 4.69) is 19.7 Å². The molecule has 0 fully saturated rings. The Hall–Kier alpha value is -2.69. The molecule has 5 nitrogen and oxygen atoms in total. The normalized spacial score (nSPS) is 9.52. The van der Waals surface area contributed by atoms with E-state index in [-0.39, 0.29) is 36.9 Å². The van der Waals surface area contributed by atoms with Crippen LogP contribution < -0.4 is 14.2 Å². The van der Waals surface area contributed by atoms with Crippen LogP contribution >= 0.6 is 0 Å². The number of aromatic carboxylic acids is 1. The lowest BCUT2D eigenvalue weighted by Gasteiger charge is -2.16. The van der Waals surface area contributed by atoms with E-state index in [0.29, 0.717) is 5.75 Å². The average Bonchev–Trinajstić information content (AvgIpc) is 2.48. The van der Waals surface area contributed by atoms with Crippen molar-refractivity contribution in [2.24, 2.45) is 0 Å². The van der Waals surface area contributed by atoms with Crippen molar-refractivity contribution in [1.82, 2.24) is 0 Å². The first-order chi connectivity index (χ1) is 10.1. The van der Waals surface area contributed by atoms with Crippen molar-refractivity contribution in [3.63, 3.8) is 0 Å². The van der Waals surface area contributed by atoms with Gasteiger partial charge in [0.05, 0.1) is 5.56 Å². The SMILES string of the molecule is C=CCOc1cc(C(=O)O)cc(OCC=C)c1OCC=C. The average molecular weight is 290 g/mol. The minimum atomic E-state index is -1.09. The molecule has 0 unspecified atom stereocenters. The molecule has 0 radical (unpaired) electrons. The molecule has 0 heterocycles. The zero-order chi connectivity index (χ0) is 15.7. The lowest BCUT2D eigenvalue weighted by atomic mass is 10.2. The summed E-state index contributed by atoms with van der Waals surface area (Å²) in [6.45, 7) is 11.4. The van der Waals surface area contributed by atoms with Crippen LogP contribution in [0.25, 0.3) is 0 Å². The fraction of sp³-hybridized carbons (Fsp3) is 0.188. The molecule has 0 saturated carbocycles. The predicted octanol–water partition coefficient (Wildman–Crippen LogP) is 3.08. The van der Waals surface area contributed by atoms with Crippen LogP contribution in [0.1, 0.15) is 10.4 Å². The van der Waals surface area contributed by atoms with Crippen molar-refractivity contribution in [3.05, 3.63) is 55.7 Å². The first-order valence-corrected chi connectivity index (χ1v) is 6.26. The van der Waals surface area contributed by atoms with Crippen LogP contribution in [-0.4, -0.2) is 30.9 Å². The Labute approximate surface area is 123 Å². The fourth-order valence-electron chi connectivity index (χ4n) is 1.50. The third kappa shape index (κ3) is 4.72. The molecule has 0 amide bonds. The van der Waals surface area contributed by atoms with Crippen molar-refractivity contribution in [2.75, 3.05) is 19.8 Å². The summed E-state index contributed by atoms with van der Waals surface area (Å²) in [5, 5.41) is 9.14. The smallest absolute Gasteiger partial charge is 0.335 e. The summed E-state index contributed by atoms with van der Waals surface area (Å²) in [5.74, 6) is -0.216. The number of benzene rings is 1. The second-order valence-corrected chi connectivity index (χ2v) is 3.91. The summed E-state index contributed by atoms with van der Waals surface area (Å²) in [5.41, 5.74) is 0.0408. The van der Waals surface area contributed by atoms with Gasteiger partial charge in [0.25, 0.3) is 0 Å². The molecule has 112 valence electrons. The van der Waals surface area contributed by atoms with E-state index in [4.69, 9.17) is 19.3 Å². The van der Waals surface area contributed by atoms with Gasteiger partial charge in [-0.05, 0) is 12.1 Å². The molecular formula is C16H18O5. The molecule has 0 bridgehead atoms. The van der Waals surface area contributed by atoms with E-state index in [1.54, 1.807) is 18.2 Å². The Kier molecular flexibility index (Phi) is 6.60. The predicted molar refractivity (Wildman–Crippen MR) is 80.5 cm³/mol. The van der Waals surface area contributed by atoms with Gasteiger partial charge < -0.3 is 19.3 Å². The van der Waals surface area contributed by atoms with E-state index in [9.17, 15) is 4.79 Å². The molecule has 1 aromatic rings. The summed E-state index contributed by atoms with van der Waals surface area (Å²) in [7, 11) is 0. The van der Waals surface area contributed by atoms with Gasteiger partial charge in [0.1, 0.15) is 19.8 Å². The van der Waals surface area contributed by atoms with Crippen molar-refractivity contribution >= 4 is 5.97 Å². The van der Waals surface area contributed by atoms with Crippen LogP contribution in [0.5, 0.6) is 17.2 Å². The Bertz CT molecular complexity index is 500. The van der Waals surface area contributed by atoms with Crippen LogP contribution in [0.4, 0.5) is 0 Å². The zero-order valence-electron chi connectivity index (χ0n) is 11.7. The maximum atomic E-state index is 11.2. The molecule has 0 atom stereocenters. The van der Waals surface area contributed by atoms with Gasteiger partial charge in [-0.25, -0.2) is 4.79 Å². The Morgan fingerprint density at radius 3 is 1.76 bits per heavy atom. The minimum absolute atomic E-state index is 0.0408. The highest BCUT2D eigenvalue weighted by molar-refractivity contribution is 5.89. The fourth-order valence-corrected chi connectivity index (χ4v) is 1.50. The van der Waals surface area contributed by atoms with Gasteiger partial charge in [0.2, 0.25) is 5.75 Å². The van der Waals surface area contributed by atoms with E-state index >= 15 is 0 Å². The molecule has 21 heavy (non-hydrogen) atoms. The Morgan fingerprint density at radius 2 is 1.38 bits per heavy atom. The summed E-state index contributed by atoms with van der Waals surface area (Å²) in [6.07, 6.45) is 4.67. The molecule has 0 aliphatic heterocycles. The van der Waals surface area contributed by atoms with Crippen LogP contribution in [0.15, 0.2) is 50.1 Å². The number of hydrogen-bond donors (Lipinski definition) is 1. The number of hydrogen-bond acceptors (Lipinski definition) is 4. The van der Waals surface area contributed by atoms with E-state index in [0.717, 1.165) is 0 Å². The molecule has 0 aliphatic carbocycles. The van der Waals surface area contributed by atoms with Crippen LogP contribution in [0.2, 0.25) is 0 Å². The lowest BCUT2D eigenvalue weighted by Crippen LogP contribution is -2.06. The van der Waals surface area contributed by atoms with Gasteiger partial charge in [0.15, 0.2) is 11.5 Å². The molecule has 0 aromatic heterocycles. The molecule has 1 N–H and O–H groups in total. The van der Waals surface area contributed by atoms with Crippen LogP contribution in [-0.2, 0) is 0 Å². The van der Waals surface area contributed by atoms with E-state index < -0.39 is 5.97 Å². The molecule has 1 rings (SSSR count). The van der Waals surface area contributed by atoms with Crippen molar-refractivity contribution in [3.8, 4) is 17.2 Å². The topological polar surface area (TPSA) is 65.0 Å². The van der Waals surface area contributed by atoms with Crippen molar-refractivity contribution in [2.45, 2.75) is 0 Å². The molecule has 0 saturated heterocycles. The third-order valence-corrected chi connectivity index (χ3v) is 2.33. The summed E-state index contributed by atoms with van der Waals surface area (Å²) in [6, 6.07) is 2.76.